The van der Waals surface area contributed by atoms with Gasteiger partial charge in [0.15, 0.2) is 5.82 Å². The predicted octanol–water partition coefficient (Wildman–Crippen LogP) is 5.65. The highest BCUT2D eigenvalue weighted by molar-refractivity contribution is 5.79. The molecular formula is C28H35FN6O. The number of tetrazole rings is 1. The molecule has 0 aliphatic heterocycles. The third-order valence-corrected chi connectivity index (χ3v) is 6.98. The quantitative estimate of drug-likeness (QED) is 0.311. The summed E-state index contributed by atoms with van der Waals surface area (Å²) in [6.45, 7) is 11.4. The van der Waals surface area contributed by atoms with Gasteiger partial charge in [0, 0.05) is 24.2 Å². The molecule has 2 aromatic heterocycles. The maximum absolute atomic E-state index is 13.6. The average molecular weight is 491 g/mol. The number of aryl methyl sites for hydroxylation is 1. The number of rotatable bonds is 10. The number of aromatic nitrogens is 5. The molecule has 4 aromatic rings. The van der Waals surface area contributed by atoms with Crippen molar-refractivity contribution in [2.75, 3.05) is 0 Å². The van der Waals surface area contributed by atoms with Crippen molar-refractivity contribution in [2.24, 2.45) is 0 Å². The Hall–Kier alpha value is -3.39. The molecule has 2 aromatic carbocycles. The van der Waals surface area contributed by atoms with Crippen LogP contribution < -0.4 is 5.56 Å². The lowest BCUT2D eigenvalue weighted by Gasteiger charge is -2.33. The highest BCUT2D eigenvalue weighted by Crippen LogP contribution is 2.31. The molecule has 36 heavy (non-hydrogen) atoms. The zero-order valence-electron chi connectivity index (χ0n) is 21.8. The van der Waals surface area contributed by atoms with E-state index in [4.69, 9.17) is 0 Å². The van der Waals surface area contributed by atoms with Crippen LogP contribution in [0.15, 0.2) is 53.3 Å². The molecule has 1 atom stereocenters. The van der Waals surface area contributed by atoms with Gasteiger partial charge < -0.3 is 4.98 Å². The Morgan fingerprint density at radius 3 is 2.53 bits per heavy atom. The molecule has 1 N–H and O–H groups in total. The topological polar surface area (TPSA) is 79.7 Å². The normalized spacial score (nSPS) is 13.0. The van der Waals surface area contributed by atoms with E-state index in [2.05, 4.69) is 53.1 Å². The zero-order valence-corrected chi connectivity index (χ0v) is 21.8. The summed E-state index contributed by atoms with van der Waals surface area (Å²) in [6, 6.07) is 14.4. The zero-order chi connectivity index (χ0) is 25.9. The molecule has 2 heterocycles. The van der Waals surface area contributed by atoms with Crippen molar-refractivity contribution in [3.05, 3.63) is 87.2 Å². The molecule has 0 unspecified atom stereocenters. The highest BCUT2D eigenvalue weighted by atomic mass is 19.1. The van der Waals surface area contributed by atoms with Crippen LogP contribution in [0, 0.1) is 12.7 Å². The lowest BCUT2D eigenvalue weighted by atomic mass is 10.00. The third-order valence-electron chi connectivity index (χ3n) is 6.98. The van der Waals surface area contributed by atoms with Crippen molar-refractivity contribution in [1.29, 1.82) is 0 Å². The average Bonchev–Trinajstić information content (AvgIpc) is 3.35. The second-order valence-electron chi connectivity index (χ2n) is 10.2. The Morgan fingerprint density at radius 2 is 1.83 bits per heavy atom. The Labute approximate surface area is 211 Å². The number of aromatic amines is 1. The van der Waals surface area contributed by atoms with Crippen molar-refractivity contribution in [3.8, 4) is 0 Å². The Bertz CT molecular complexity index is 1380. The van der Waals surface area contributed by atoms with Gasteiger partial charge in [-0.15, -0.1) is 5.10 Å². The Kier molecular flexibility index (Phi) is 7.64. The highest BCUT2D eigenvalue weighted by Gasteiger charge is 2.31. The number of pyridine rings is 1. The lowest BCUT2D eigenvalue weighted by molar-refractivity contribution is 0.145. The smallest absolute Gasteiger partial charge is 0.252 e. The predicted molar refractivity (Wildman–Crippen MR) is 140 cm³/mol. The summed E-state index contributed by atoms with van der Waals surface area (Å²) in [5, 5.41) is 13.8. The van der Waals surface area contributed by atoms with Crippen molar-refractivity contribution < 1.29 is 4.39 Å². The van der Waals surface area contributed by atoms with Gasteiger partial charge in [0.25, 0.3) is 5.56 Å². The minimum absolute atomic E-state index is 0.110. The van der Waals surface area contributed by atoms with Gasteiger partial charge in [-0.25, -0.2) is 9.07 Å². The molecule has 0 aliphatic rings. The molecule has 0 aliphatic carbocycles. The van der Waals surface area contributed by atoms with Crippen molar-refractivity contribution in [1.82, 2.24) is 30.1 Å². The van der Waals surface area contributed by atoms with E-state index in [1.807, 2.05) is 35.9 Å². The van der Waals surface area contributed by atoms with Crippen LogP contribution in [-0.4, -0.2) is 30.1 Å². The first-order valence-electron chi connectivity index (χ1n) is 12.6. The van der Waals surface area contributed by atoms with Gasteiger partial charge in [-0.3, -0.25) is 9.69 Å². The minimum Gasteiger partial charge on any atom is -0.322 e. The van der Waals surface area contributed by atoms with Gasteiger partial charge in [-0.05, 0) is 84.8 Å². The lowest BCUT2D eigenvalue weighted by Crippen LogP contribution is -2.36. The number of benzene rings is 2. The summed E-state index contributed by atoms with van der Waals surface area (Å²) in [7, 11) is 0. The van der Waals surface area contributed by atoms with Gasteiger partial charge in [-0.1, -0.05) is 44.5 Å². The molecule has 0 radical (unpaired) electrons. The van der Waals surface area contributed by atoms with Gasteiger partial charge >= 0.3 is 0 Å². The van der Waals surface area contributed by atoms with E-state index in [0.29, 0.717) is 18.7 Å². The fourth-order valence-electron chi connectivity index (χ4n) is 4.53. The fraction of sp³-hybridized carbons (Fsp3) is 0.429. The summed E-state index contributed by atoms with van der Waals surface area (Å²) in [6.07, 6.45) is 2.59. The van der Waals surface area contributed by atoms with Crippen LogP contribution in [0.1, 0.15) is 75.5 Å². The van der Waals surface area contributed by atoms with E-state index in [1.165, 1.54) is 12.1 Å². The molecule has 7 nitrogen and oxygen atoms in total. The van der Waals surface area contributed by atoms with E-state index in [-0.39, 0.29) is 23.0 Å². The summed E-state index contributed by atoms with van der Waals surface area (Å²) in [5.41, 5.74) is 3.18. The van der Waals surface area contributed by atoms with Gasteiger partial charge in [0.1, 0.15) is 5.82 Å². The molecule has 190 valence electrons. The first kappa shape index (κ1) is 25.7. The SMILES string of the molecule is CCC[C@H](c1nnnn1C(C)(C)CC)N(Cc1ccc(F)cc1)Cc1cc2ccc(C)cc2[nH]c1=O. The molecule has 4 rings (SSSR count). The van der Waals surface area contributed by atoms with Gasteiger partial charge in [0.05, 0.1) is 11.6 Å². The first-order chi connectivity index (χ1) is 17.2. The minimum atomic E-state index is -0.273. The molecule has 8 heteroatoms. The van der Waals surface area contributed by atoms with Crippen molar-refractivity contribution in [2.45, 2.75) is 78.6 Å². The van der Waals surface area contributed by atoms with E-state index in [9.17, 15) is 9.18 Å². The van der Waals surface area contributed by atoms with Crippen molar-refractivity contribution in [3.63, 3.8) is 0 Å². The molecule has 0 spiro atoms. The summed E-state index contributed by atoms with van der Waals surface area (Å²) >= 11 is 0. The summed E-state index contributed by atoms with van der Waals surface area (Å²) < 4.78 is 15.6. The fourth-order valence-corrected chi connectivity index (χ4v) is 4.53. The largest absolute Gasteiger partial charge is 0.322 e. The van der Waals surface area contributed by atoms with E-state index in [1.54, 1.807) is 12.1 Å². The second kappa shape index (κ2) is 10.7. The van der Waals surface area contributed by atoms with Crippen molar-refractivity contribution >= 4 is 10.9 Å². The van der Waals surface area contributed by atoms with E-state index in [0.717, 1.165) is 47.1 Å². The van der Waals surface area contributed by atoms with Crippen LogP contribution in [0.5, 0.6) is 0 Å². The number of nitrogens with zero attached hydrogens (tertiary/aromatic N) is 5. The molecule has 0 saturated carbocycles. The first-order valence-corrected chi connectivity index (χ1v) is 12.6. The van der Waals surface area contributed by atoms with Crippen LogP contribution >= 0.6 is 0 Å². The van der Waals surface area contributed by atoms with Crippen LogP contribution in [0.2, 0.25) is 0 Å². The standard InChI is InChI=1S/C28H35FN6O/c1-6-8-25(26-31-32-33-35(26)28(4,5)7-2)34(17-20-10-13-23(29)14-11-20)18-22-16-21-12-9-19(3)15-24(21)30-27(22)36/h9-16,25H,6-8,17-18H2,1-5H3,(H,30,36)/t25-/m1/s1. The molecule has 0 fully saturated rings. The van der Waals surface area contributed by atoms with Crippen LogP contribution in [0.4, 0.5) is 4.39 Å². The number of halogens is 1. The van der Waals surface area contributed by atoms with Crippen LogP contribution in [0.3, 0.4) is 0 Å². The van der Waals surface area contributed by atoms with Crippen LogP contribution in [0.25, 0.3) is 10.9 Å². The Morgan fingerprint density at radius 1 is 1.08 bits per heavy atom. The summed E-state index contributed by atoms with van der Waals surface area (Å²) in [5.74, 6) is 0.504. The molecule has 0 bridgehead atoms. The van der Waals surface area contributed by atoms with E-state index >= 15 is 0 Å². The molecule has 0 saturated heterocycles. The Balaban J connectivity index is 1.79. The monoisotopic (exact) mass is 490 g/mol. The number of hydrogen-bond donors (Lipinski definition) is 1. The third kappa shape index (κ3) is 5.54. The maximum Gasteiger partial charge on any atom is 0.252 e. The summed E-state index contributed by atoms with van der Waals surface area (Å²) in [4.78, 5) is 18.4. The van der Waals surface area contributed by atoms with Gasteiger partial charge in [-0.2, -0.15) is 0 Å². The second-order valence-corrected chi connectivity index (χ2v) is 10.2. The molecule has 0 amide bonds. The maximum atomic E-state index is 13.6. The number of nitrogens with one attached hydrogen (secondary N) is 1. The number of H-pyrrole nitrogens is 1. The van der Waals surface area contributed by atoms with Gasteiger partial charge in [0.2, 0.25) is 0 Å². The van der Waals surface area contributed by atoms with E-state index < -0.39 is 0 Å². The number of hydrogen-bond acceptors (Lipinski definition) is 5. The molecular weight excluding hydrogens is 455 g/mol. The number of fused-ring (bicyclic) bond motifs is 1. The van der Waals surface area contributed by atoms with Crippen LogP contribution in [-0.2, 0) is 18.6 Å².